The molecule has 0 atom stereocenters. The minimum atomic E-state index is -0.307. The van der Waals surface area contributed by atoms with Crippen LogP contribution in [0.5, 0.6) is 11.5 Å². The molecule has 0 unspecified atom stereocenters. The predicted octanol–water partition coefficient (Wildman–Crippen LogP) is 3.31. The largest absolute Gasteiger partial charge is 0.493 e. The summed E-state index contributed by atoms with van der Waals surface area (Å²) in [5.41, 5.74) is 1.21. The molecule has 25 heavy (non-hydrogen) atoms. The summed E-state index contributed by atoms with van der Waals surface area (Å²) in [7, 11) is 1.54. The predicted molar refractivity (Wildman–Crippen MR) is 97.0 cm³/mol. The minimum Gasteiger partial charge on any atom is -0.493 e. The van der Waals surface area contributed by atoms with Crippen molar-refractivity contribution in [2.75, 3.05) is 24.4 Å². The number of carbonyl (C=O) groups is 2. The molecular formula is C19H22N2O4. The van der Waals surface area contributed by atoms with Crippen molar-refractivity contribution in [3.8, 4) is 11.5 Å². The summed E-state index contributed by atoms with van der Waals surface area (Å²) >= 11 is 0. The molecule has 2 amide bonds. The molecule has 0 saturated heterocycles. The number of amides is 2. The molecule has 2 aromatic carbocycles. The molecule has 2 aromatic rings. The van der Waals surface area contributed by atoms with Gasteiger partial charge < -0.3 is 20.1 Å². The van der Waals surface area contributed by atoms with Crippen molar-refractivity contribution >= 4 is 23.2 Å². The number of ether oxygens (including phenoxy) is 2. The van der Waals surface area contributed by atoms with Crippen LogP contribution in [0.3, 0.4) is 0 Å². The first-order chi connectivity index (χ1) is 12.0. The van der Waals surface area contributed by atoms with Gasteiger partial charge in [0.25, 0.3) is 5.91 Å². The number of benzene rings is 2. The zero-order chi connectivity index (χ0) is 18.2. The third kappa shape index (κ3) is 5.53. The Morgan fingerprint density at radius 3 is 2.24 bits per heavy atom. The first-order valence-corrected chi connectivity index (χ1v) is 7.96. The number of nitrogens with one attached hydrogen (secondary N) is 2. The van der Waals surface area contributed by atoms with Crippen LogP contribution in [-0.2, 0) is 9.59 Å². The highest BCUT2D eigenvalue weighted by Gasteiger charge is 2.09. The van der Waals surface area contributed by atoms with Crippen molar-refractivity contribution in [1.29, 1.82) is 0 Å². The van der Waals surface area contributed by atoms with Crippen LogP contribution in [0.2, 0.25) is 0 Å². The molecule has 0 aliphatic carbocycles. The Hall–Kier alpha value is -3.02. The van der Waals surface area contributed by atoms with Crippen molar-refractivity contribution in [1.82, 2.24) is 0 Å². The molecule has 6 heteroatoms. The van der Waals surface area contributed by atoms with Crippen LogP contribution in [0.15, 0.2) is 48.5 Å². The lowest BCUT2D eigenvalue weighted by Crippen LogP contribution is -2.21. The molecule has 2 rings (SSSR count). The number of rotatable bonds is 7. The molecule has 2 N–H and O–H groups in total. The van der Waals surface area contributed by atoms with E-state index in [1.165, 1.54) is 0 Å². The Morgan fingerprint density at radius 1 is 0.960 bits per heavy atom. The van der Waals surface area contributed by atoms with Gasteiger partial charge in [-0.1, -0.05) is 32.0 Å². The summed E-state index contributed by atoms with van der Waals surface area (Å²) in [6.45, 7) is 3.48. The second kappa shape index (κ2) is 8.73. The zero-order valence-corrected chi connectivity index (χ0v) is 14.5. The second-order valence-corrected chi connectivity index (χ2v) is 5.71. The van der Waals surface area contributed by atoms with Crippen LogP contribution in [0.4, 0.5) is 11.4 Å². The van der Waals surface area contributed by atoms with E-state index in [4.69, 9.17) is 9.47 Å². The Labute approximate surface area is 147 Å². The quantitative estimate of drug-likeness (QED) is 0.809. The van der Waals surface area contributed by atoms with E-state index in [0.717, 1.165) is 0 Å². The van der Waals surface area contributed by atoms with Crippen molar-refractivity contribution < 1.29 is 19.1 Å². The molecule has 0 saturated carbocycles. The fourth-order valence-corrected chi connectivity index (χ4v) is 2.04. The van der Waals surface area contributed by atoms with Crippen LogP contribution in [-0.4, -0.2) is 25.5 Å². The number of anilines is 2. The highest BCUT2D eigenvalue weighted by Crippen LogP contribution is 2.25. The highest BCUT2D eigenvalue weighted by atomic mass is 16.5. The number of hydrogen-bond acceptors (Lipinski definition) is 4. The first-order valence-electron chi connectivity index (χ1n) is 7.96. The van der Waals surface area contributed by atoms with E-state index in [-0.39, 0.29) is 24.3 Å². The van der Waals surface area contributed by atoms with Gasteiger partial charge in [-0.3, -0.25) is 9.59 Å². The molecule has 0 spiro atoms. The lowest BCUT2D eigenvalue weighted by Gasteiger charge is -2.12. The van der Waals surface area contributed by atoms with Gasteiger partial charge in [-0.25, -0.2) is 0 Å². The second-order valence-electron chi connectivity index (χ2n) is 5.71. The van der Waals surface area contributed by atoms with Crippen LogP contribution in [0, 0.1) is 5.92 Å². The van der Waals surface area contributed by atoms with Crippen LogP contribution in [0.25, 0.3) is 0 Å². The van der Waals surface area contributed by atoms with E-state index in [0.29, 0.717) is 22.9 Å². The Morgan fingerprint density at radius 2 is 1.60 bits per heavy atom. The smallest absolute Gasteiger partial charge is 0.262 e. The first kappa shape index (κ1) is 18.3. The molecule has 0 aliphatic heterocycles. The summed E-state index contributed by atoms with van der Waals surface area (Å²) in [4.78, 5) is 23.8. The van der Waals surface area contributed by atoms with E-state index in [2.05, 4.69) is 10.6 Å². The fraction of sp³-hybridized carbons (Fsp3) is 0.263. The maximum atomic E-state index is 12.1. The zero-order valence-electron chi connectivity index (χ0n) is 14.5. The summed E-state index contributed by atoms with van der Waals surface area (Å²) in [6.07, 6.45) is 0. The minimum absolute atomic E-state index is 0.0806. The van der Waals surface area contributed by atoms with Gasteiger partial charge in [0.1, 0.15) is 0 Å². The normalized spacial score (nSPS) is 10.2. The van der Waals surface area contributed by atoms with E-state index >= 15 is 0 Å². The molecule has 0 heterocycles. The molecule has 6 nitrogen and oxygen atoms in total. The van der Waals surface area contributed by atoms with Gasteiger partial charge in [0.2, 0.25) is 5.91 Å². The summed E-state index contributed by atoms with van der Waals surface area (Å²) in [5, 5.41) is 5.53. The van der Waals surface area contributed by atoms with Crippen molar-refractivity contribution in [2.45, 2.75) is 13.8 Å². The van der Waals surface area contributed by atoms with Gasteiger partial charge in [0.05, 0.1) is 7.11 Å². The monoisotopic (exact) mass is 342 g/mol. The van der Waals surface area contributed by atoms with Crippen LogP contribution < -0.4 is 20.1 Å². The number of methoxy groups -OCH3 is 1. The SMILES string of the molecule is COc1ccccc1OCC(=O)Nc1cccc(NC(=O)C(C)C)c1. The van der Waals surface area contributed by atoms with Gasteiger partial charge in [-0.05, 0) is 30.3 Å². The maximum Gasteiger partial charge on any atom is 0.262 e. The highest BCUT2D eigenvalue weighted by molar-refractivity contribution is 5.95. The van der Waals surface area contributed by atoms with E-state index in [1.807, 2.05) is 19.9 Å². The molecule has 0 radical (unpaired) electrons. The van der Waals surface area contributed by atoms with Crippen molar-refractivity contribution in [2.24, 2.45) is 5.92 Å². The average molecular weight is 342 g/mol. The standard InChI is InChI=1S/C19H22N2O4/c1-13(2)19(23)21-15-8-6-7-14(11-15)20-18(22)12-25-17-10-5-4-9-16(17)24-3/h4-11,13H,12H2,1-3H3,(H,20,22)(H,21,23). The van der Waals surface area contributed by atoms with Gasteiger partial charge in [0, 0.05) is 17.3 Å². The Kier molecular flexibility index (Phi) is 6.39. The third-order valence-corrected chi connectivity index (χ3v) is 3.37. The number of para-hydroxylation sites is 2. The lowest BCUT2D eigenvalue weighted by atomic mass is 10.2. The molecule has 0 bridgehead atoms. The van der Waals surface area contributed by atoms with Gasteiger partial charge in [0.15, 0.2) is 18.1 Å². The van der Waals surface area contributed by atoms with E-state index in [9.17, 15) is 9.59 Å². The van der Waals surface area contributed by atoms with Crippen LogP contribution >= 0.6 is 0 Å². The molecule has 0 aromatic heterocycles. The summed E-state index contributed by atoms with van der Waals surface area (Å²) in [6, 6.07) is 14.1. The average Bonchev–Trinajstić information content (AvgIpc) is 2.60. The third-order valence-electron chi connectivity index (χ3n) is 3.37. The Balaban J connectivity index is 1.93. The number of hydrogen-bond donors (Lipinski definition) is 2. The van der Waals surface area contributed by atoms with Gasteiger partial charge in [-0.15, -0.1) is 0 Å². The van der Waals surface area contributed by atoms with E-state index < -0.39 is 0 Å². The maximum absolute atomic E-state index is 12.1. The van der Waals surface area contributed by atoms with Crippen LogP contribution in [0.1, 0.15) is 13.8 Å². The lowest BCUT2D eigenvalue weighted by molar-refractivity contribution is -0.119. The fourth-order valence-electron chi connectivity index (χ4n) is 2.04. The molecule has 132 valence electrons. The summed E-state index contributed by atoms with van der Waals surface area (Å²) in [5.74, 6) is 0.556. The van der Waals surface area contributed by atoms with E-state index in [1.54, 1.807) is 49.6 Å². The molecular weight excluding hydrogens is 320 g/mol. The summed E-state index contributed by atoms with van der Waals surface area (Å²) < 4.78 is 10.7. The number of carbonyl (C=O) groups excluding carboxylic acids is 2. The van der Waals surface area contributed by atoms with Gasteiger partial charge in [-0.2, -0.15) is 0 Å². The van der Waals surface area contributed by atoms with Crippen molar-refractivity contribution in [3.05, 3.63) is 48.5 Å². The Bertz CT molecular complexity index is 744. The van der Waals surface area contributed by atoms with Gasteiger partial charge >= 0.3 is 0 Å². The molecule has 0 aliphatic rings. The van der Waals surface area contributed by atoms with Crippen molar-refractivity contribution in [3.63, 3.8) is 0 Å². The topological polar surface area (TPSA) is 76.7 Å². The molecule has 0 fully saturated rings.